The first-order valence-corrected chi connectivity index (χ1v) is 2.82. The lowest BCUT2D eigenvalue weighted by atomic mass is 10.9. The fraction of sp³-hybridized carbons (Fsp3) is 0.600. The largest absolute Gasteiger partial charge is 0.511 e. The molecule has 0 aliphatic rings. The summed E-state index contributed by atoms with van der Waals surface area (Å²) in [5.41, 5.74) is 0. The third kappa shape index (κ3) is 6.42. The van der Waals surface area contributed by atoms with Crippen LogP contribution in [-0.2, 0) is 14.2 Å². The van der Waals surface area contributed by atoms with Crippen LogP contribution in [0.2, 0.25) is 0 Å². The van der Waals surface area contributed by atoms with Gasteiger partial charge in [0.05, 0.1) is 6.61 Å². The molecule has 0 amide bonds. The fourth-order valence-corrected chi connectivity index (χ4v) is 0.288. The molecule has 0 bridgehead atoms. The lowest BCUT2D eigenvalue weighted by molar-refractivity contribution is -0.0273. The minimum absolute atomic E-state index is 0.173. The van der Waals surface area contributed by atoms with Gasteiger partial charge in [-0.2, -0.15) is 0 Å². The van der Waals surface area contributed by atoms with E-state index in [4.69, 9.17) is 5.11 Å². The van der Waals surface area contributed by atoms with Crippen molar-refractivity contribution < 1.29 is 28.9 Å². The quantitative estimate of drug-likeness (QED) is 0.491. The summed E-state index contributed by atoms with van der Waals surface area (Å²) in [5.74, 6) is 0. The lowest BCUT2D eigenvalue weighted by Gasteiger charge is -2.02. The Morgan fingerprint density at radius 3 is 2.36 bits per heavy atom. The van der Waals surface area contributed by atoms with E-state index in [1.807, 2.05) is 0 Å². The normalized spacial score (nSPS) is 8.45. The van der Waals surface area contributed by atoms with Crippen LogP contribution in [0.15, 0.2) is 0 Å². The molecule has 0 radical (unpaired) electrons. The molecule has 64 valence electrons. The van der Waals surface area contributed by atoms with Crippen LogP contribution in [0.4, 0.5) is 9.59 Å². The van der Waals surface area contributed by atoms with Crippen molar-refractivity contribution in [2.75, 3.05) is 13.4 Å². The predicted octanol–water partition coefficient (Wildman–Crippen LogP) is 0.812. The molecule has 0 unspecified atom stereocenters. The Morgan fingerprint density at radius 2 is 1.91 bits per heavy atom. The van der Waals surface area contributed by atoms with Crippen LogP contribution in [0.25, 0.3) is 0 Å². The zero-order chi connectivity index (χ0) is 8.69. The zero-order valence-electron chi connectivity index (χ0n) is 5.90. The van der Waals surface area contributed by atoms with E-state index in [2.05, 4.69) is 14.2 Å². The summed E-state index contributed by atoms with van der Waals surface area (Å²) in [5, 5.41) is 7.90. The van der Waals surface area contributed by atoms with Crippen LogP contribution in [0.5, 0.6) is 0 Å². The maximum Gasteiger partial charge on any atom is 0.511 e. The number of carbonyl (C=O) groups is 2. The van der Waals surface area contributed by atoms with Crippen molar-refractivity contribution in [3.05, 3.63) is 0 Å². The van der Waals surface area contributed by atoms with Crippen molar-refractivity contribution in [1.82, 2.24) is 0 Å². The van der Waals surface area contributed by atoms with E-state index in [9.17, 15) is 9.59 Å². The highest BCUT2D eigenvalue weighted by atomic mass is 16.8. The Hall–Kier alpha value is -1.46. The third-order valence-corrected chi connectivity index (χ3v) is 0.621. The smallest absolute Gasteiger partial charge is 0.450 e. The van der Waals surface area contributed by atoms with Crippen molar-refractivity contribution in [3.8, 4) is 0 Å². The minimum atomic E-state index is -1.51. The molecule has 11 heavy (non-hydrogen) atoms. The van der Waals surface area contributed by atoms with E-state index in [0.717, 1.165) is 0 Å². The van der Waals surface area contributed by atoms with E-state index in [1.54, 1.807) is 6.92 Å². The summed E-state index contributed by atoms with van der Waals surface area (Å²) >= 11 is 0. The van der Waals surface area contributed by atoms with Gasteiger partial charge in [-0.1, -0.05) is 0 Å². The van der Waals surface area contributed by atoms with Gasteiger partial charge in [0, 0.05) is 0 Å². The van der Waals surface area contributed by atoms with E-state index >= 15 is 0 Å². The van der Waals surface area contributed by atoms with Crippen LogP contribution in [-0.4, -0.2) is 30.8 Å². The average Bonchev–Trinajstić information content (AvgIpc) is 1.87. The zero-order valence-corrected chi connectivity index (χ0v) is 5.90. The molecule has 0 heterocycles. The second-order valence-corrected chi connectivity index (χ2v) is 1.36. The van der Waals surface area contributed by atoms with Crippen molar-refractivity contribution in [1.29, 1.82) is 0 Å². The molecule has 0 saturated carbocycles. The predicted molar refractivity (Wildman–Crippen MR) is 32.1 cm³/mol. The third-order valence-electron chi connectivity index (χ3n) is 0.621. The van der Waals surface area contributed by atoms with Gasteiger partial charge in [0.1, 0.15) is 0 Å². The number of ether oxygens (including phenoxy) is 3. The van der Waals surface area contributed by atoms with E-state index < -0.39 is 19.1 Å². The Morgan fingerprint density at radius 1 is 1.27 bits per heavy atom. The summed E-state index contributed by atoms with van der Waals surface area (Å²) in [6.45, 7) is 1.12. The van der Waals surface area contributed by atoms with Crippen LogP contribution in [0, 0.1) is 0 Å². The number of carboxylic acid groups (broad SMARTS) is 1. The van der Waals surface area contributed by atoms with Gasteiger partial charge in [0.15, 0.2) is 0 Å². The van der Waals surface area contributed by atoms with Crippen molar-refractivity contribution >= 4 is 12.3 Å². The number of hydrogen-bond acceptors (Lipinski definition) is 5. The van der Waals surface area contributed by atoms with Gasteiger partial charge >= 0.3 is 12.3 Å². The molecule has 0 aromatic heterocycles. The Labute approximate surface area is 62.7 Å². The van der Waals surface area contributed by atoms with Gasteiger partial charge in [-0.25, -0.2) is 9.59 Å². The maximum atomic E-state index is 10.3. The Bertz CT molecular complexity index is 142. The average molecular weight is 164 g/mol. The lowest BCUT2D eigenvalue weighted by Crippen LogP contribution is -2.12. The van der Waals surface area contributed by atoms with Crippen LogP contribution < -0.4 is 0 Å². The van der Waals surface area contributed by atoms with Crippen LogP contribution in [0.3, 0.4) is 0 Å². The van der Waals surface area contributed by atoms with E-state index in [0.29, 0.717) is 0 Å². The molecule has 6 nitrogen and oxygen atoms in total. The van der Waals surface area contributed by atoms with Gasteiger partial charge < -0.3 is 19.3 Å². The molecule has 0 saturated heterocycles. The highest BCUT2D eigenvalue weighted by Gasteiger charge is 2.02. The second kappa shape index (κ2) is 5.33. The second-order valence-electron chi connectivity index (χ2n) is 1.36. The summed E-state index contributed by atoms with van der Waals surface area (Å²) in [6.07, 6.45) is -2.46. The molecule has 0 aliphatic heterocycles. The maximum absolute atomic E-state index is 10.3. The molecule has 0 aromatic carbocycles. The first-order chi connectivity index (χ1) is 5.16. The molecule has 0 fully saturated rings. The molecule has 6 heteroatoms. The highest BCUT2D eigenvalue weighted by molar-refractivity contribution is 5.60. The first-order valence-electron chi connectivity index (χ1n) is 2.82. The molecular formula is C5H8O6. The molecule has 0 aromatic rings. The van der Waals surface area contributed by atoms with Crippen molar-refractivity contribution in [3.63, 3.8) is 0 Å². The topological polar surface area (TPSA) is 82.1 Å². The standard InChI is InChI=1S/C5H8O6/c1-2-9-5(8)11-3-10-4(6)7/h2-3H2,1H3,(H,6,7). The Balaban J connectivity index is 3.24. The summed E-state index contributed by atoms with van der Waals surface area (Å²) < 4.78 is 12.3. The van der Waals surface area contributed by atoms with Crippen LogP contribution >= 0.6 is 0 Å². The molecule has 0 atom stereocenters. The van der Waals surface area contributed by atoms with Gasteiger partial charge in [-0.05, 0) is 6.92 Å². The first kappa shape index (κ1) is 9.54. The number of carbonyl (C=O) groups excluding carboxylic acids is 1. The van der Waals surface area contributed by atoms with Crippen LogP contribution in [0.1, 0.15) is 6.92 Å². The molecular weight excluding hydrogens is 156 g/mol. The SMILES string of the molecule is CCOC(=O)OCOC(=O)O. The van der Waals surface area contributed by atoms with Crippen molar-refractivity contribution in [2.45, 2.75) is 6.92 Å². The minimum Gasteiger partial charge on any atom is -0.450 e. The van der Waals surface area contributed by atoms with E-state index in [-0.39, 0.29) is 6.61 Å². The highest BCUT2D eigenvalue weighted by Crippen LogP contribution is 1.85. The summed E-state index contributed by atoms with van der Waals surface area (Å²) in [6, 6.07) is 0. The fourth-order valence-electron chi connectivity index (χ4n) is 0.288. The van der Waals surface area contributed by atoms with Gasteiger partial charge in [0.2, 0.25) is 6.79 Å². The van der Waals surface area contributed by atoms with Crippen molar-refractivity contribution in [2.24, 2.45) is 0 Å². The van der Waals surface area contributed by atoms with Gasteiger partial charge in [-0.15, -0.1) is 0 Å². The van der Waals surface area contributed by atoms with Gasteiger partial charge in [0.25, 0.3) is 0 Å². The number of rotatable bonds is 3. The van der Waals surface area contributed by atoms with E-state index in [1.165, 1.54) is 0 Å². The molecule has 0 rings (SSSR count). The number of hydrogen-bond donors (Lipinski definition) is 1. The molecule has 0 aliphatic carbocycles. The monoisotopic (exact) mass is 164 g/mol. The molecule has 0 spiro atoms. The van der Waals surface area contributed by atoms with Gasteiger partial charge in [-0.3, -0.25) is 0 Å². The summed E-state index contributed by atoms with van der Waals surface area (Å²) in [7, 11) is 0. The Kier molecular flexibility index (Phi) is 4.63. The summed E-state index contributed by atoms with van der Waals surface area (Å²) in [4.78, 5) is 20.0. The molecule has 1 N–H and O–H groups in total.